The molecule has 0 unspecified atom stereocenters. The molecule has 0 saturated heterocycles. The Balaban J connectivity index is 1.41. The van der Waals surface area contributed by atoms with Crippen molar-refractivity contribution >= 4 is 56.2 Å². The molecule has 0 spiro atoms. The topological polar surface area (TPSA) is 18.8 Å². The van der Waals surface area contributed by atoms with Crippen molar-refractivity contribution in [1.82, 2.24) is 0 Å². The maximum Gasteiger partial charge on any atom is 0.0759 e. The largest absolute Gasteiger partial charge is 0.311 e. The Morgan fingerprint density at radius 2 is 1.11 bits per heavy atom. The fourth-order valence-corrected chi connectivity index (χ4v) is 5.30. The SMILES string of the molecule is Brc1ccc(CN(N=Cc2ccc(N(c3ccccc3)c3ccccc3)cc2)c2ccccc2)s1. The molecule has 35 heavy (non-hydrogen) atoms. The first kappa shape index (κ1) is 23.1. The van der Waals surface area contributed by atoms with Crippen molar-refractivity contribution in [3.63, 3.8) is 0 Å². The second-order valence-electron chi connectivity index (χ2n) is 7.94. The minimum atomic E-state index is 0.713. The Morgan fingerprint density at radius 1 is 0.600 bits per heavy atom. The number of hydrogen-bond donors (Lipinski definition) is 0. The summed E-state index contributed by atoms with van der Waals surface area (Å²) in [4.78, 5) is 3.50. The molecule has 0 aliphatic carbocycles. The van der Waals surface area contributed by atoms with Crippen molar-refractivity contribution in [1.29, 1.82) is 0 Å². The summed E-state index contributed by atoms with van der Waals surface area (Å²) in [7, 11) is 0. The van der Waals surface area contributed by atoms with E-state index in [0.29, 0.717) is 6.54 Å². The van der Waals surface area contributed by atoms with E-state index in [1.807, 2.05) is 41.6 Å². The van der Waals surface area contributed by atoms with Crippen molar-refractivity contribution in [2.45, 2.75) is 6.54 Å². The number of halogens is 1. The van der Waals surface area contributed by atoms with Gasteiger partial charge in [0.15, 0.2) is 0 Å². The van der Waals surface area contributed by atoms with Gasteiger partial charge in [0, 0.05) is 21.9 Å². The van der Waals surface area contributed by atoms with Gasteiger partial charge in [0.1, 0.15) is 0 Å². The number of hydrazone groups is 1. The molecule has 5 heteroatoms. The normalized spacial score (nSPS) is 11.0. The van der Waals surface area contributed by atoms with Gasteiger partial charge in [0.2, 0.25) is 0 Å². The van der Waals surface area contributed by atoms with Crippen LogP contribution in [0.4, 0.5) is 22.7 Å². The first-order valence-electron chi connectivity index (χ1n) is 11.4. The third-order valence-electron chi connectivity index (χ3n) is 5.51. The summed E-state index contributed by atoms with van der Waals surface area (Å²) in [6.07, 6.45) is 1.93. The number of rotatable bonds is 8. The molecule has 0 atom stereocenters. The van der Waals surface area contributed by atoms with Gasteiger partial charge in [-0.15, -0.1) is 11.3 Å². The Kier molecular flexibility index (Phi) is 7.37. The molecule has 1 aromatic heterocycles. The van der Waals surface area contributed by atoms with Crippen molar-refractivity contribution in [3.05, 3.63) is 142 Å². The molecule has 172 valence electrons. The van der Waals surface area contributed by atoms with Gasteiger partial charge in [-0.05, 0) is 82.2 Å². The number of thiophene rings is 1. The monoisotopic (exact) mass is 537 g/mol. The summed E-state index contributed by atoms with van der Waals surface area (Å²) in [5.41, 5.74) is 5.45. The Morgan fingerprint density at radius 3 is 1.63 bits per heavy atom. The van der Waals surface area contributed by atoms with E-state index in [0.717, 1.165) is 32.1 Å². The van der Waals surface area contributed by atoms with Crippen LogP contribution in [0.25, 0.3) is 0 Å². The average Bonchev–Trinajstić information content (AvgIpc) is 3.34. The van der Waals surface area contributed by atoms with Crippen LogP contribution in [0.3, 0.4) is 0 Å². The zero-order valence-corrected chi connectivity index (χ0v) is 21.4. The van der Waals surface area contributed by atoms with Crippen LogP contribution < -0.4 is 9.91 Å². The summed E-state index contributed by atoms with van der Waals surface area (Å²) in [5.74, 6) is 0. The van der Waals surface area contributed by atoms with Crippen LogP contribution in [0.5, 0.6) is 0 Å². The summed E-state index contributed by atoms with van der Waals surface area (Å²) < 4.78 is 1.13. The van der Waals surface area contributed by atoms with Crippen LogP contribution in [-0.2, 0) is 6.54 Å². The molecule has 0 N–H and O–H groups in total. The van der Waals surface area contributed by atoms with Crippen molar-refractivity contribution in [2.24, 2.45) is 5.10 Å². The van der Waals surface area contributed by atoms with Crippen LogP contribution in [0, 0.1) is 0 Å². The standard InChI is InChI=1S/C30H24BrN3S/c31-30-21-20-29(35-30)23-33(25-10-4-1-5-11-25)32-22-24-16-18-28(19-17-24)34(26-12-6-2-7-13-26)27-14-8-3-9-15-27/h1-22H,23H2. The van der Waals surface area contributed by atoms with Gasteiger partial charge in [-0.3, -0.25) is 5.01 Å². The first-order valence-corrected chi connectivity index (χ1v) is 13.0. The fraction of sp³-hybridized carbons (Fsp3) is 0.0333. The van der Waals surface area contributed by atoms with E-state index in [1.54, 1.807) is 11.3 Å². The van der Waals surface area contributed by atoms with E-state index in [-0.39, 0.29) is 0 Å². The lowest BCUT2D eigenvalue weighted by Gasteiger charge is -2.25. The van der Waals surface area contributed by atoms with E-state index >= 15 is 0 Å². The molecular formula is C30H24BrN3S. The summed E-state index contributed by atoms with van der Waals surface area (Å²) in [6, 6.07) is 43.9. The average molecular weight is 539 g/mol. The predicted octanol–water partition coefficient (Wildman–Crippen LogP) is 9.02. The lowest BCUT2D eigenvalue weighted by Crippen LogP contribution is -2.15. The molecule has 5 aromatic rings. The highest BCUT2D eigenvalue weighted by Gasteiger charge is 2.12. The molecule has 0 aliphatic heterocycles. The van der Waals surface area contributed by atoms with Crippen LogP contribution in [-0.4, -0.2) is 6.21 Å². The van der Waals surface area contributed by atoms with E-state index in [2.05, 4.69) is 118 Å². The van der Waals surface area contributed by atoms with E-state index in [4.69, 9.17) is 5.10 Å². The van der Waals surface area contributed by atoms with Crippen molar-refractivity contribution in [3.8, 4) is 0 Å². The Hall–Kier alpha value is -3.67. The fourth-order valence-electron chi connectivity index (χ4n) is 3.83. The van der Waals surface area contributed by atoms with Gasteiger partial charge in [-0.1, -0.05) is 66.7 Å². The molecule has 5 rings (SSSR count). The molecule has 4 aromatic carbocycles. The summed E-state index contributed by atoms with van der Waals surface area (Å²) in [6.45, 7) is 0.713. The molecule has 1 heterocycles. The minimum absolute atomic E-state index is 0.713. The number of benzene rings is 4. The van der Waals surface area contributed by atoms with Crippen molar-refractivity contribution in [2.75, 3.05) is 9.91 Å². The van der Waals surface area contributed by atoms with Gasteiger partial charge in [-0.2, -0.15) is 5.10 Å². The van der Waals surface area contributed by atoms with Gasteiger partial charge in [-0.25, -0.2) is 0 Å². The predicted molar refractivity (Wildman–Crippen MR) is 153 cm³/mol. The van der Waals surface area contributed by atoms with Gasteiger partial charge in [0.25, 0.3) is 0 Å². The first-order chi connectivity index (χ1) is 17.3. The molecule has 0 fully saturated rings. The molecular weight excluding hydrogens is 514 g/mol. The van der Waals surface area contributed by atoms with Crippen LogP contribution in [0.1, 0.15) is 10.4 Å². The van der Waals surface area contributed by atoms with E-state index in [9.17, 15) is 0 Å². The highest BCUT2D eigenvalue weighted by Crippen LogP contribution is 2.34. The second-order valence-corrected chi connectivity index (χ2v) is 10.5. The molecule has 3 nitrogen and oxygen atoms in total. The molecule has 0 saturated carbocycles. The smallest absolute Gasteiger partial charge is 0.0759 e. The molecule has 0 radical (unpaired) electrons. The van der Waals surface area contributed by atoms with E-state index in [1.165, 1.54) is 4.88 Å². The van der Waals surface area contributed by atoms with Crippen molar-refractivity contribution < 1.29 is 0 Å². The Bertz CT molecular complexity index is 1330. The highest BCUT2D eigenvalue weighted by molar-refractivity contribution is 9.11. The van der Waals surface area contributed by atoms with Crippen LogP contribution >= 0.6 is 27.3 Å². The lowest BCUT2D eigenvalue weighted by atomic mass is 10.1. The van der Waals surface area contributed by atoms with Crippen LogP contribution in [0.2, 0.25) is 0 Å². The third kappa shape index (κ3) is 5.88. The van der Waals surface area contributed by atoms with Crippen LogP contribution in [0.15, 0.2) is 136 Å². The van der Waals surface area contributed by atoms with E-state index < -0.39 is 0 Å². The maximum atomic E-state index is 4.85. The quantitative estimate of drug-likeness (QED) is 0.145. The van der Waals surface area contributed by atoms with Gasteiger partial charge in [0.05, 0.1) is 22.2 Å². The molecule has 0 aliphatic rings. The van der Waals surface area contributed by atoms with Gasteiger partial charge >= 0.3 is 0 Å². The number of anilines is 4. The summed E-state index contributed by atoms with van der Waals surface area (Å²) >= 11 is 5.29. The lowest BCUT2D eigenvalue weighted by molar-refractivity contribution is 0.871. The highest BCUT2D eigenvalue weighted by atomic mass is 79.9. The zero-order chi connectivity index (χ0) is 23.9. The third-order valence-corrected chi connectivity index (χ3v) is 7.12. The number of hydrogen-bond acceptors (Lipinski definition) is 4. The second kappa shape index (κ2) is 11.2. The molecule has 0 bridgehead atoms. The summed E-state index contributed by atoms with van der Waals surface area (Å²) in [5, 5.41) is 6.88. The maximum absolute atomic E-state index is 4.85. The minimum Gasteiger partial charge on any atom is -0.311 e. The number of para-hydroxylation sites is 3. The molecule has 0 amide bonds. The zero-order valence-electron chi connectivity index (χ0n) is 19.0. The number of nitrogens with zero attached hydrogens (tertiary/aromatic N) is 3. The van der Waals surface area contributed by atoms with Gasteiger partial charge < -0.3 is 4.90 Å². The Labute approximate surface area is 218 Å².